The lowest BCUT2D eigenvalue weighted by Gasteiger charge is -2.24. The van der Waals surface area contributed by atoms with E-state index in [-0.39, 0.29) is 0 Å². The van der Waals surface area contributed by atoms with Crippen LogP contribution in [0.25, 0.3) is 10.9 Å². The normalized spacial score (nSPS) is 15.8. The molecule has 1 aliphatic carbocycles. The molecule has 0 aliphatic heterocycles. The molecule has 1 atom stereocenters. The van der Waals surface area contributed by atoms with Crippen LogP contribution in [0.15, 0.2) is 42.5 Å². The van der Waals surface area contributed by atoms with Crippen molar-refractivity contribution >= 4 is 16.9 Å². The molecule has 0 spiro atoms. The fraction of sp³-hybridized carbons (Fsp3) is 0.360. The summed E-state index contributed by atoms with van der Waals surface area (Å²) in [6.45, 7) is 2.82. The van der Waals surface area contributed by atoms with Crippen LogP contribution >= 0.6 is 0 Å². The molecule has 0 amide bonds. The number of unbranched alkanes of at least 4 members (excludes halogenated alkanes) is 1. The van der Waals surface area contributed by atoms with E-state index in [0.29, 0.717) is 23.6 Å². The smallest absolute Gasteiger partial charge is 0.337 e. The minimum absolute atomic E-state index is 0.360. The topological polar surface area (TPSA) is 66.0 Å². The van der Waals surface area contributed by atoms with Crippen molar-refractivity contribution in [3.63, 3.8) is 0 Å². The summed E-state index contributed by atoms with van der Waals surface area (Å²) in [6.07, 6.45) is 6.87. The van der Waals surface area contributed by atoms with Crippen LogP contribution in [-0.2, 0) is 19.4 Å². The maximum absolute atomic E-state index is 12.0. The highest BCUT2D eigenvalue weighted by molar-refractivity contribution is 6.04. The average molecular weight is 386 g/mol. The highest BCUT2D eigenvalue weighted by Gasteiger charge is 2.27. The standard InChI is InChI=1S/C25H26N2O2/c1-2-3-6-17-11-12-23-22(14-17)20-9-5-10-21(25(28)29)24(20)27(23)16-19-8-4-7-18(13-19)15-26/h4-5,7-10,13,17H,2-3,6,11-12,14,16H2,1H3,(H,28,29). The highest BCUT2D eigenvalue weighted by Crippen LogP contribution is 2.37. The number of carbonyl (C=O) groups is 1. The summed E-state index contributed by atoms with van der Waals surface area (Å²) >= 11 is 0. The molecule has 1 aromatic heterocycles. The number of aromatic carboxylic acids is 1. The van der Waals surface area contributed by atoms with E-state index < -0.39 is 5.97 Å². The Labute approximate surface area is 171 Å². The largest absolute Gasteiger partial charge is 0.478 e. The van der Waals surface area contributed by atoms with Gasteiger partial charge in [-0.1, -0.05) is 50.5 Å². The van der Waals surface area contributed by atoms with E-state index in [1.165, 1.54) is 30.5 Å². The predicted molar refractivity (Wildman–Crippen MR) is 114 cm³/mol. The van der Waals surface area contributed by atoms with Crippen LogP contribution < -0.4 is 0 Å². The Morgan fingerprint density at radius 2 is 2.10 bits per heavy atom. The summed E-state index contributed by atoms with van der Waals surface area (Å²) in [4.78, 5) is 12.0. The van der Waals surface area contributed by atoms with Gasteiger partial charge in [-0.05, 0) is 54.5 Å². The maximum atomic E-state index is 12.0. The van der Waals surface area contributed by atoms with Crippen molar-refractivity contribution in [2.75, 3.05) is 0 Å². The van der Waals surface area contributed by atoms with Crippen LogP contribution in [0.4, 0.5) is 0 Å². The molecule has 0 saturated carbocycles. The molecule has 1 heterocycles. The summed E-state index contributed by atoms with van der Waals surface area (Å²) in [5.41, 5.74) is 5.43. The van der Waals surface area contributed by atoms with E-state index in [9.17, 15) is 15.2 Å². The first-order valence-corrected chi connectivity index (χ1v) is 10.5. The van der Waals surface area contributed by atoms with Crippen LogP contribution in [0.2, 0.25) is 0 Å². The molecular weight excluding hydrogens is 360 g/mol. The number of hydrogen-bond acceptors (Lipinski definition) is 2. The molecule has 0 radical (unpaired) electrons. The van der Waals surface area contributed by atoms with Gasteiger partial charge in [0.2, 0.25) is 0 Å². The third-order valence-electron chi connectivity index (χ3n) is 6.18. The van der Waals surface area contributed by atoms with Crippen molar-refractivity contribution in [3.05, 3.63) is 70.4 Å². The quantitative estimate of drug-likeness (QED) is 0.603. The Kier molecular flexibility index (Phi) is 5.40. The number of hydrogen-bond donors (Lipinski definition) is 1. The van der Waals surface area contributed by atoms with E-state index in [0.717, 1.165) is 35.7 Å². The third kappa shape index (κ3) is 3.65. The molecule has 1 N–H and O–H groups in total. The van der Waals surface area contributed by atoms with Gasteiger partial charge in [0.1, 0.15) is 0 Å². The van der Waals surface area contributed by atoms with Crippen molar-refractivity contribution < 1.29 is 9.90 Å². The second kappa shape index (κ2) is 8.13. The van der Waals surface area contributed by atoms with Crippen LogP contribution in [-0.4, -0.2) is 15.6 Å². The van der Waals surface area contributed by atoms with Crippen LogP contribution in [0.3, 0.4) is 0 Å². The fourth-order valence-corrected chi connectivity index (χ4v) is 4.78. The second-order valence-corrected chi connectivity index (χ2v) is 8.08. The van der Waals surface area contributed by atoms with Crippen molar-refractivity contribution in [1.82, 2.24) is 4.57 Å². The van der Waals surface area contributed by atoms with Crippen molar-refractivity contribution in [3.8, 4) is 6.07 Å². The van der Waals surface area contributed by atoms with Gasteiger partial charge in [-0.25, -0.2) is 4.79 Å². The van der Waals surface area contributed by atoms with Gasteiger partial charge in [-0.2, -0.15) is 5.26 Å². The molecule has 1 unspecified atom stereocenters. The molecule has 2 aromatic carbocycles. The lowest BCUT2D eigenvalue weighted by atomic mass is 9.83. The van der Waals surface area contributed by atoms with E-state index in [1.807, 2.05) is 24.3 Å². The summed E-state index contributed by atoms with van der Waals surface area (Å²) in [6, 6.07) is 15.4. The van der Waals surface area contributed by atoms with E-state index >= 15 is 0 Å². The van der Waals surface area contributed by atoms with Crippen molar-refractivity contribution in [2.24, 2.45) is 5.92 Å². The first-order valence-electron chi connectivity index (χ1n) is 10.5. The molecule has 1 aliphatic rings. The molecule has 0 saturated heterocycles. The van der Waals surface area contributed by atoms with Crippen molar-refractivity contribution in [2.45, 2.75) is 52.0 Å². The van der Waals surface area contributed by atoms with E-state index in [4.69, 9.17) is 0 Å². The van der Waals surface area contributed by atoms with Crippen LogP contribution in [0, 0.1) is 17.2 Å². The SMILES string of the molecule is CCCCC1CCc2c(c3cccc(C(=O)O)c3n2Cc2cccc(C#N)c2)C1. The Bertz CT molecular complexity index is 1100. The maximum Gasteiger partial charge on any atom is 0.337 e. The minimum Gasteiger partial charge on any atom is -0.478 e. The van der Waals surface area contributed by atoms with Gasteiger partial charge < -0.3 is 9.67 Å². The molecule has 4 nitrogen and oxygen atoms in total. The number of nitrogens with zero attached hydrogens (tertiary/aromatic N) is 2. The molecule has 3 aromatic rings. The number of carboxylic acids is 1. The summed E-state index contributed by atoms with van der Waals surface area (Å²) < 4.78 is 2.20. The number of para-hydroxylation sites is 1. The minimum atomic E-state index is -0.889. The molecular formula is C25H26N2O2. The monoisotopic (exact) mass is 386 g/mol. The zero-order chi connectivity index (χ0) is 20.4. The van der Waals surface area contributed by atoms with E-state index in [2.05, 4.69) is 23.6 Å². The summed E-state index contributed by atoms with van der Waals surface area (Å²) in [5, 5.41) is 20.1. The second-order valence-electron chi connectivity index (χ2n) is 8.08. The Balaban J connectivity index is 1.84. The molecule has 29 heavy (non-hydrogen) atoms. The van der Waals surface area contributed by atoms with E-state index in [1.54, 1.807) is 12.1 Å². The average Bonchev–Trinajstić information content (AvgIpc) is 3.05. The predicted octanol–water partition coefficient (Wildman–Crippen LogP) is 5.55. The van der Waals surface area contributed by atoms with Gasteiger partial charge in [0, 0.05) is 17.6 Å². The molecule has 4 heteroatoms. The lowest BCUT2D eigenvalue weighted by Crippen LogP contribution is -2.17. The number of rotatable bonds is 6. The fourth-order valence-electron chi connectivity index (χ4n) is 4.78. The highest BCUT2D eigenvalue weighted by atomic mass is 16.4. The number of benzene rings is 2. The summed E-state index contributed by atoms with van der Waals surface area (Å²) in [7, 11) is 0. The molecule has 148 valence electrons. The number of carboxylic acid groups (broad SMARTS) is 1. The van der Waals surface area contributed by atoms with Crippen LogP contribution in [0.5, 0.6) is 0 Å². The van der Waals surface area contributed by atoms with Gasteiger partial charge in [0.25, 0.3) is 0 Å². The van der Waals surface area contributed by atoms with Crippen LogP contribution in [0.1, 0.15) is 65.3 Å². The lowest BCUT2D eigenvalue weighted by molar-refractivity contribution is 0.0698. The molecule has 4 rings (SSSR count). The molecule has 0 bridgehead atoms. The number of fused-ring (bicyclic) bond motifs is 3. The van der Waals surface area contributed by atoms with Gasteiger partial charge in [0.05, 0.1) is 22.7 Å². The van der Waals surface area contributed by atoms with Crippen molar-refractivity contribution in [1.29, 1.82) is 5.26 Å². The Hall–Kier alpha value is -3.06. The first kappa shape index (κ1) is 19.3. The Morgan fingerprint density at radius 3 is 2.86 bits per heavy atom. The third-order valence-corrected chi connectivity index (χ3v) is 6.18. The van der Waals surface area contributed by atoms with Gasteiger partial charge in [-0.3, -0.25) is 0 Å². The Morgan fingerprint density at radius 1 is 1.28 bits per heavy atom. The number of aromatic nitrogens is 1. The zero-order valence-corrected chi connectivity index (χ0v) is 16.8. The molecule has 0 fully saturated rings. The first-order chi connectivity index (χ1) is 14.1. The van der Waals surface area contributed by atoms with Gasteiger partial charge in [-0.15, -0.1) is 0 Å². The number of nitriles is 1. The zero-order valence-electron chi connectivity index (χ0n) is 16.8. The van der Waals surface area contributed by atoms with Gasteiger partial charge >= 0.3 is 5.97 Å². The van der Waals surface area contributed by atoms with Gasteiger partial charge in [0.15, 0.2) is 0 Å². The summed E-state index contributed by atoms with van der Waals surface area (Å²) in [5.74, 6) is -0.211.